The molecule has 1 aromatic heterocycles. The summed E-state index contributed by atoms with van der Waals surface area (Å²) in [7, 11) is 3.05. The van der Waals surface area contributed by atoms with Crippen molar-refractivity contribution < 1.29 is 40.6 Å². The van der Waals surface area contributed by atoms with Crippen molar-refractivity contribution in [3.8, 4) is 6.01 Å². The highest BCUT2D eigenvalue weighted by atomic mass is 35.5. The SMILES string of the molecule is CN(C)C(=O)C(N)=C(Cl)C1=NCCCN(c2nc(OC[C@@]34CCCN3CC(=C(F)F)C4)nc3c2CO[C@@H](c2c(C(F)(F)F)ccc(N)c2F)C3)C1. The van der Waals surface area contributed by atoms with Crippen LogP contribution in [-0.4, -0.2) is 90.4 Å². The molecule has 5 heterocycles. The minimum atomic E-state index is -4.90. The Morgan fingerprint density at radius 3 is 2.65 bits per heavy atom. The number of halogens is 7. The second kappa shape index (κ2) is 14.1. The molecule has 2 fully saturated rings. The average Bonchev–Trinajstić information content (AvgIpc) is 3.54. The van der Waals surface area contributed by atoms with Crippen molar-refractivity contribution >= 4 is 34.7 Å². The normalized spacial score (nSPS) is 22.9. The Morgan fingerprint density at radius 2 is 1.94 bits per heavy atom. The van der Waals surface area contributed by atoms with Crippen LogP contribution in [0.4, 0.5) is 37.8 Å². The largest absolute Gasteiger partial charge is 0.461 e. The number of rotatable bonds is 7. The van der Waals surface area contributed by atoms with E-state index in [1.54, 1.807) is 4.90 Å². The smallest absolute Gasteiger partial charge is 0.416 e. The summed E-state index contributed by atoms with van der Waals surface area (Å²) in [5, 5.41) is -0.0428. The summed E-state index contributed by atoms with van der Waals surface area (Å²) in [4.78, 5) is 31.4. The van der Waals surface area contributed by atoms with Crippen LogP contribution in [0.25, 0.3) is 0 Å². The van der Waals surface area contributed by atoms with E-state index < -0.39 is 52.4 Å². The van der Waals surface area contributed by atoms with E-state index in [2.05, 4.69) is 9.98 Å². The maximum absolute atomic E-state index is 15.3. The van der Waals surface area contributed by atoms with Gasteiger partial charge in [-0.25, -0.2) is 4.39 Å². The first-order chi connectivity index (χ1) is 24.1. The first-order valence-corrected chi connectivity index (χ1v) is 16.7. The molecule has 4 aliphatic rings. The highest BCUT2D eigenvalue weighted by molar-refractivity contribution is 6.45. The van der Waals surface area contributed by atoms with E-state index in [4.69, 9.17) is 37.5 Å². The number of likely N-dealkylation sites (N-methyl/N-ethyl adjacent to an activating group) is 1. The number of carbonyl (C=O) groups is 1. The Hall–Kier alpha value is -4.09. The van der Waals surface area contributed by atoms with Gasteiger partial charge >= 0.3 is 12.2 Å². The van der Waals surface area contributed by atoms with E-state index in [1.807, 2.05) is 4.90 Å². The van der Waals surface area contributed by atoms with Crippen LogP contribution in [0.15, 0.2) is 39.5 Å². The molecule has 0 unspecified atom stereocenters. The summed E-state index contributed by atoms with van der Waals surface area (Å²) in [6, 6.07) is 1.43. The Labute approximate surface area is 294 Å². The number of carbonyl (C=O) groups excluding carboxylic acids is 1. The van der Waals surface area contributed by atoms with Crippen LogP contribution < -0.4 is 21.1 Å². The Kier molecular flexibility index (Phi) is 10.2. The highest BCUT2D eigenvalue weighted by Gasteiger charge is 2.48. The minimum absolute atomic E-state index is 0.0194. The second-order valence-electron chi connectivity index (χ2n) is 13.3. The number of alkyl halides is 3. The molecule has 0 bridgehead atoms. The first kappa shape index (κ1) is 36.7. The molecule has 4 aliphatic heterocycles. The average molecular weight is 743 g/mol. The molecule has 1 aromatic carbocycles. The number of nitrogen functional groups attached to an aromatic ring is 1. The number of amides is 1. The standard InChI is InChI=1S/C33H37ClF6N8O3/c1-46(2)30(49)27(42)25(34)22-14-47(9-4-8-43-22)29-18-15-50-23(24-19(33(38,39)40)5-6-20(41)26(24)35)11-21(18)44-31(45-29)51-16-32-7-3-10-48(32)13-17(12-32)28(36)37/h5-6,23H,3-4,7-16,41-42H2,1-2H3/t23-,32+/m1/s1. The fourth-order valence-corrected chi connectivity index (χ4v) is 7.37. The van der Waals surface area contributed by atoms with E-state index in [0.29, 0.717) is 55.6 Å². The van der Waals surface area contributed by atoms with Crippen molar-refractivity contribution in [3.63, 3.8) is 0 Å². The van der Waals surface area contributed by atoms with Crippen LogP contribution in [0.5, 0.6) is 6.01 Å². The Morgan fingerprint density at radius 1 is 1.18 bits per heavy atom. The summed E-state index contributed by atoms with van der Waals surface area (Å²) in [6.45, 7) is 1.19. The van der Waals surface area contributed by atoms with Crippen molar-refractivity contribution in [1.29, 1.82) is 0 Å². The number of aliphatic imine (C=N–C) groups is 1. The van der Waals surface area contributed by atoms with Gasteiger partial charge in [-0.3, -0.25) is 14.7 Å². The van der Waals surface area contributed by atoms with Gasteiger partial charge < -0.3 is 30.7 Å². The Balaban J connectivity index is 1.39. The van der Waals surface area contributed by atoms with Gasteiger partial charge in [0.25, 0.3) is 12.0 Å². The molecule has 0 aliphatic carbocycles. The third-order valence-electron chi connectivity index (χ3n) is 9.75. The molecule has 2 saturated heterocycles. The molecule has 4 N–H and O–H groups in total. The number of nitrogens with zero attached hydrogens (tertiary/aromatic N) is 6. The molecule has 2 aromatic rings. The number of fused-ring (bicyclic) bond motifs is 2. The highest BCUT2D eigenvalue weighted by Crippen LogP contribution is 2.45. The van der Waals surface area contributed by atoms with Gasteiger partial charge in [0.1, 0.15) is 18.1 Å². The number of nitrogens with two attached hydrogens (primary N) is 2. The summed E-state index contributed by atoms with van der Waals surface area (Å²) < 4.78 is 96.9. The van der Waals surface area contributed by atoms with Gasteiger partial charge in [-0.1, -0.05) is 11.6 Å². The van der Waals surface area contributed by atoms with Gasteiger partial charge in [-0.15, -0.1) is 0 Å². The van der Waals surface area contributed by atoms with Gasteiger partial charge in [0.2, 0.25) is 0 Å². The zero-order valence-electron chi connectivity index (χ0n) is 27.9. The van der Waals surface area contributed by atoms with E-state index in [0.717, 1.165) is 12.5 Å². The predicted octanol–water partition coefficient (Wildman–Crippen LogP) is 4.95. The number of anilines is 2. The molecule has 1 amide bonds. The first-order valence-electron chi connectivity index (χ1n) is 16.3. The van der Waals surface area contributed by atoms with Crippen LogP contribution in [0, 0.1) is 5.82 Å². The summed E-state index contributed by atoms with van der Waals surface area (Å²) in [5.41, 5.74) is 9.46. The molecule has 11 nitrogen and oxygen atoms in total. The van der Waals surface area contributed by atoms with Crippen molar-refractivity contribution in [2.45, 2.75) is 56.5 Å². The molecule has 276 valence electrons. The summed E-state index contributed by atoms with van der Waals surface area (Å²) >= 11 is 6.59. The summed E-state index contributed by atoms with van der Waals surface area (Å²) in [5.74, 6) is -1.45. The fourth-order valence-electron chi connectivity index (χ4n) is 7.17. The van der Waals surface area contributed by atoms with Crippen LogP contribution >= 0.6 is 11.6 Å². The number of benzene rings is 1. The van der Waals surface area contributed by atoms with E-state index in [1.165, 1.54) is 19.0 Å². The quantitative estimate of drug-likeness (QED) is 0.230. The van der Waals surface area contributed by atoms with Gasteiger partial charge in [0, 0.05) is 56.9 Å². The van der Waals surface area contributed by atoms with E-state index in [9.17, 15) is 26.7 Å². The zero-order chi connectivity index (χ0) is 36.8. The van der Waals surface area contributed by atoms with Crippen molar-refractivity contribution in [1.82, 2.24) is 19.8 Å². The topological polar surface area (TPSA) is 135 Å². The van der Waals surface area contributed by atoms with Crippen LogP contribution in [0.3, 0.4) is 0 Å². The van der Waals surface area contributed by atoms with Gasteiger partial charge in [0.05, 0.1) is 52.5 Å². The van der Waals surface area contributed by atoms with Crippen LogP contribution in [0.2, 0.25) is 0 Å². The predicted molar refractivity (Wildman–Crippen MR) is 177 cm³/mol. The molecule has 2 atom stereocenters. The second-order valence-corrected chi connectivity index (χ2v) is 13.7. The van der Waals surface area contributed by atoms with Crippen molar-refractivity contribution in [2.75, 3.05) is 64.1 Å². The lowest BCUT2D eigenvalue weighted by molar-refractivity contribution is -0.140. The van der Waals surface area contributed by atoms with Gasteiger partial charge in [0.15, 0.2) is 5.82 Å². The maximum atomic E-state index is 15.3. The third kappa shape index (κ3) is 7.20. The van der Waals surface area contributed by atoms with E-state index >= 15 is 4.39 Å². The molecular formula is C33H37ClF6N8O3. The van der Waals surface area contributed by atoms with Gasteiger partial charge in [-0.05, 0) is 44.4 Å². The number of hydrogen-bond donors (Lipinski definition) is 2. The fraction of sp³-hybridized carbons (Fsp3) is 0.515. The molecular weight excluding hydrogens is 706 g/mol. The molecule has 6 rings (SSSR count). The Bertz CT molecular complexity index is 1820. The molecule has 0 radical (unpaired) electrons. The monoisotopic (exact) mass is 742 g/mol. The zero-order valence-corrected chi connectivity index (χ0v) is 28.7. The lowest BCUT2D eigenvalue weighted by atomic mass is 9.93. The third-order valence-corrected chi connectivity index (χ3v) is 10.2. The molecule has 18 heteroatoms. The molecule has 0 spiro atoms. The lowest BCUT2D eigenvalue weighted by Gasteiger charge is -2.33. The van der Waals surface area contributed by atoms with Crippen molar-refractivity contribution in [3.05, 3.63) is 62.7 Å². The maximum Gasteiger partial charge on any atom is 0.416 e. The van der Waals surface area contributed by atoms with Crippen molar-refractivity contribution in [2.24, 2.45) is 10.7 Å². The number of aromatic nitrogens is 2. The number of hydrogen-bond acceptors (Lipinski definition) is 10. The lowest BCUT2D eigenvalue weighted by Crippen LogP contribution is -2.43. The number of ether oxygens (including phenoxy) is 2. The minimum Gasteiger partial charge on any atom is -0.461 e. The van der Waals surface area contributed by atoms with Gasteiger partial charge in [-0.2, -0.15) is 31.9 Å². The molecule has 51 heavy (non-hydrogen) atoms. The van der Waals surface area contributed by atoms with E-state index in [-0.39, 0.29) is 67.2 Å². The summed E-state index contributed by atoms with van der Waals surface area (Å²) in [6.07, 6.45) is -6.28. The van der Waals surface area contributed by atoms with Crippen LogP contribution in [-0.2, 0) is 28.7 Å². The molecule has 0 saturated carbocycles. The van der Waals surface area contributed by atoms with Crippen LogP contribution in [0.1, 0.15) is 54.2 Å².